The molecular weight excluding hydrogens is 220 g/mol. The number of carboxylic acids is 1. The highest BCUT2D eigenvalue weighted by molar-refractivity contribution is 5.79. The van der Waals surface area contributed by atoms with Gasteiger partial charge in [0.25, 0.3) is 0 Å². The SMILES string of the molecule is CC(CCC(=O)O)NC(=O)C1CCC(N)CC1. The predicted octanol–water partition coefficient (Wildman–Crippen LogP) is 0.873. The minimum Gasteiger partial charge on any atom is -0.481 e. The maximum absolute atomic E-state index is 11.9. The van der Waals surface area contributed by atoms with E-state index in [-0.39, 0.29) is 30.3 Å². The fraction of sp³-hybridized carbons (Fsp3) is 0.833. The van der Waals surface area contributed by atoms with Gasteiger partial charge in [0.1, 0.15) is 0 Å². The molecule has 0 aromatic carbocycles. The van der Waals surface area contributed by atoms with Crippen molar-refractivity contribution in [2.24, 2.45) is 11.7 Å². The van der Waals surface area contributed by atoms with E-state index >= 15 is 0 Å². The van der Waals surface area contributed by atoms with Gasteiger partial charge in [0.2, 0.25) is 5.91 Å². The van der Waals surface area contributed by atoms with Gasteiger partial charge in [-0.25, -0.2) is 0 Å². The van der Waals surface area contributed by atoms with Gasteiger partial charge in [0.05, 0.1) is 0 Å². The molecule has 0 aromatic rings. The largest absolute Gasteiger partial charge is 0.481 e. The Balaban J connectivity index is 2.26. The summed E-state index contributed by atoms with van der Waals surface area (Å²) in [6.07, 6.45) is 4.07. The molecule has 1 rings (SSSR count). The van der Waals surface area contributed by atoms with Crippen molar-refractivity contribution in [1.29, 1.82) is 0 Å². The van der Waals surface area contributed by atoms with Crippen LogP contribution >= 0.6 is 0 Å². The predicted molar refractivity (Wildman–Crippen MR) is 64.4 cm³/mol. The second kappa shape index (κ2) is 6.59. The first kappa shape index (κ1) is 14.0. The molecular formula is C12H22N2O3. The summed E-state index contributed by atoms with van der Waals surface area (Å²) >= 11 is 0. The number of hydrogen-bond acceptors (Lipinski definition) is 3. The topological polar surface area (TPSA) is 92.4 Å². The lowest BCUT2D eigenvalue weighted by molar-refractivity contribution is -0.137. The minimum absolute atomic E-state index is 0.0507. The molecule has 1 atom stereocenters. The van der Waals surface area contributed by atoms with Gasteiger partial charge in [-0.15, -0.1) is 0 Å². The van der Waals surface area contributed by atoms with Crippen LogP contribution < -0.4 is 11.1 Å². The summed E-state index contributed by atoms with van der Waals surface area (Å²) in [5.74, 6) is -0.716. The van der Waals surface area contributed by atoms with Gasteiger partial charge >= 0.3 is 5.97 Å². The maximum atomic E-state index is 11.9. The van der Waals surface area contributed by atoms with Gasteiger partial charge in [-0.1, -0.05) is 0 Å². The zero-order valence-electron chi connectivity index (χ0n) is 10.3. The highest BCUT2D eigenvalue weighted by atomic mass is 16.4. The fourth-order valence-electron chi connectivity index (χ4n) is 2.15. The van der Waals surface area contributed by atoms with Crippen molar-refractivity contribution in [2.75, 3.05) is 0 Å². The molecule has 1 fully saturated rings. The van der Waals surface area contributed by atoms with E-state index in [1.54, 1.807) is 0 Å². The van der Waals surface area contributed by atoms with E-state index in [2.05, 4.69) is 5.32 Å². The van der Waals surface area contributed by atoms with Crippen LogP contribution in [0, 0.1) is 5.92 Å². The first-order valence-electron chi connectivity index (χ1n) is 6.26. The Kier molecular flexibility index (Phi) is 5.41. The Morgan fingerprint density at radius 3 is 2.47 bits per heavy atom. The quantitative estimate of drug-likeness (QED) is 0.667. The van der Waals surface area contributed by atoms with Gasteiger partial charge in [0, 0.05) is 24.4 Å². The number of carboxylic acid groups (broad SMARTS) is 1. The maximum Gasteiger partial charge on any atom is 0.303 e. The monoisotopic (exact) mass is 242 g/mol. The normalized spacial score (nSPS) is 26.2. The first-order chi connectivity index (χ1) is 7.99. The number of carbonyl (C=O) groups is 2. The zero-order valence-corrected chi connectivity index (χ0v) is 10.3. The van der Waals surface area contributed by atoms with Crippen molar-refractivity contribution in [2.45, 2.75) is 57.5 Å². The third-order valence-corrected chi connectivity index (χ3v) is 3.32. The minimum atomic E-state index is -0.824. The molecule has 17 heavy (non-hydrogen) atoms. The molecule has 1 amide bonds. The number of amides is 1. The van der Waals surface area contributed by atoms with Gasteiger partial charge in [-0.05, 0) is 39.0 Å². The second-order valence-corrected chi connectivity index (χ2v) is 4.95. The summed E-state index contributed by atoms with van der Waals surface area (Å²) in [5.41, 5.74) is 5.78. The number of carbonyl (C=O) groups excluding carboxylic acids is 1. The number of hydrogen-bond donors (Lipinski definition) is 3. The van der Waals surface area contributed by atoms with Crippen LogP contribution in [0.1, 0.15) is 45.4 Å². The van der Waals surface area contributed by atoms with Crippen LogP contribution in [-0.4, -0.2) is 29.1 Å². The lowest BCUT2D eigenvalue weighted by atomic mass is 9.86. The van der Waals surface area contributed by atoms with E-state index in [0.29, 0.717) is 6.42 Å². The van der Waals surface area contributed by atoms with E-state index in [0.717, 1.165) is 25.7 Å². The summed E-state index contributed by atoms with van der Waals surface area (Å²) in [5, 5.41) is 11.4. The van der Waals surface area contributed by atoms with Crippen LogP contribution in [-0.2, 0) is 9.59 Å². The molecule has 1 aliphatic carbocycles. The lowest BCUT2D eigenvalue weighted by Gasteiger charge is -2.26. The number of aliphatic carboxylic acids is 1. The Morgan fingerprint density at radius 2 is 1.94 bits per heavy atom. The van der Waals surface area contributed by atoms with Crippen molar-refractivity contribution >= 4 is 11.9 Å². The van der Waals surface area contributed by atoms with Crippen LogP contribution in [0.25, 0.3) is 0 Å². The van der Waals surface area contributed by atoms with Crippen LogP contribution in [0.5, 0.6) is 0 Å². The molecule has 4 N–H and O–H groups in total. The highest BCUT2D eigenvalue weighted by Gasteiger charge is 2.25. The molecule has 5 nitrogen and oxygen atoms in total. The summed E-state index contributed by atoms with van der Waals surface area (Å²) in [6.45, 7) is 1.84. The van der Waals surface area contributed by atoms with Crippen molar-refractivity contribution in [3.63, 3.8) is 0 Å². The Labute approximate surface area is 102 Å². The molecule has 0 radical (unpaired) electrons. The molecule has 0 spiro atoms. The van der Waals surface area contributed by atoms with E-state index in [4.69, 9.17) is 10.8 Å². The van der Waals surface area contributed by atoms with Gasteiger partial charge < -0.3 is 16.2 Å². The molecule has 1 aliphatic rings. The third-order valence-electron chi connectivity index (χ3n) is 3.32. The molecule has 0 aliphatic heterocycles. The average molecular weight is 242 g/mol. The summed E-state index contributed by atoms with van der Waals surface area (Å²) < 4.78 is 0. The first-order valence-corrected chi connectivity index (χ1v) is 6.26. The molecule has 0 aromatic heterocycles. The molecule has 0 bridgehead atoms. The summed E-state index contributed by atoms with van der Waals surface area (Å²) in [4.78, 5) is 22.3. The van der Waals surface area contributed by atoms with E-state index in [9.17, 15) is 9.59 Å². The third kappa shape index (κ3) is 5.17. The zero-order chi connectivity index (χ0) is 12.8. The van der Waals surface area contributed by atoms with Gasteiger partial charge in [-0.2, -0.15) is 0 Å². The Hall–Kier alpha value is -1.10. The molecule has 98 valence electrons. The smallest absolute Gasteiger partial charge is 0.303 e. The average Bonchev–Trinajstić information content (AvgIpc) is 2.27. The number of nitrogens with one attached hydrogen (secondary N) is 1. The van der Waals surface area contributed by atoms with Crippen LogP contribution in [0.4, 0.5) is 0 Å². The molecule has 0 heterocycles. The second-order valence-electron chi connectivity index (χ2n) is 4.95. The number of nitrogens with two attached hydrogens (primary N) is 1. The molecule has 1 unspecified atom stereocenters. The van der Waals surface area contributed by atoms with Crippen molar-refractivity contribution < 1.29 is 14.7 Å². The van der Waals surface area contributed by atoms with Crippen LogP contribution in [0.3, 0.4) is 0 Å². The van der Waals surface area contributed by atoms with Crippen molar-refractivity contribution in [3.8, 4) is 0 Å². The molecule has 0 saturated heterocycles. The Bertz CT molecular complexity index is 273. The number of rotatable bonds is 5. The molecule has 1 saturated carbocycles. The summed E-state index contributed by atoms with van der Waals surface area (Å²) in [7, 11) is 0. The Morgan fingerprint density at radius 1 is 1.35 bits per heavy atom. The van der Waals surface area contributed by atoms with E-state index < -0.39 is 5.97 Å². The van der Waals surface area contributed by atoms with Gasteiger partial charge in [-0.3, -0.25) is 9.59 Å². The standard InChI is InChI=1S/C12H22N2O3/c1-8(2-7-11(15)16)14-12(17)9-3-5-10(13)6-4-9/h8-10H,2-7,13H2,1H3,(H,14,17)(H,15,16). The lowest BCUT2D eigenvalue weighted by Crippen LogP contribution is -2.40. The van der Waals surface area contributed by atoms with Crippen LogP contribution in [0.15, 0.2) is 0 Å². The van der Waals surface area contributed by atoms with E-state index in [1.807, 2.05) is 6.92 Å². The van der Waals surface area contributed by atoms with Crippen molar-refractivity contribution in [3.05, 3.63) is 0 Å². The van der Waals surface area contributed by atoms with Crippen LogP contribution in [0.2, 0.25) is 0 Å². The highest BCUT2D eigenvalue weighted by Crippen LogP contribution is 2.23. The fourth-order valence-corrected chi connectivity index (χ4v) is 2.15. The van der Waals surface area contributed by atoms with E-state index in [1.165, 1.54) is 0 Å². The van der Waals surface area contributed by atoms with Crippen molar-refractivity contribution in [1.82, 2.24) is 5.32 Å². The summed E-state index contributed by atoms with van der Waals surface area (Å²) in [6, 6.07) is 0.165. The molecule has 5 heteroatoms. The van der Waals surface area contributed by atoms with Gasteiger partial charge in [0.15, 0.2) is 0 Å².